The normalized spacial score (nSPS) is 24.5. The molecule has 0 unspecified atom stereocenters. The molecule has 1 fully saturated rings. The first-order valence-electron chi connectivity index (χ1n) is 9.00. The van der Waals surface area contributed by atoms with Crippen LogP contribution in [-0.2, 0) is 20.4 Å². The predicted octanol–water partition coefficient (Wildman–Crippen LogP) is -0.922. The van der Waals surface area contributed by atoms with Gasteiger partial charge in [0.2, 0.25) is 12.0 Å². The molecular weight excluding hydrogens is 417 g/mol. The molecule has 1 aromatic carbocycles. The zero-order valence-corrected chi connectivity index (χ0v) is 16.5. The highest BCUT2D eigenvalue weighted by Gasteiger charge is 2.45. The lowest BCUT2D eigenvalue weighted by Crippen LogP contribution is -2.38. The van der Waals surface area contributed by atoms with Gasteiger partial charge in [0.1, 0.15) is 24.6 Å². The van der Waals surface area contributed by atoms with Crippen LogP contribution in [0.25, 0.3) is 11.2 Å². The fourth-order valence-corrected chi connectivity index (χ4v) is 3.69. The highest BCUT2D eigenvalue weighted by Crippen LogP contribution is 2.38. The molecule has 3 heterocycles. The second kappa shape index (κ2) is 8.00. The number of phosphoric acid groups is 1. The number of hydrogen-bond donors (Lipinski definition) is 5. The van der Waals surface area contributed by atoms with E-state index in [0.29, 0.717) is 23.5 Å². The second-order valence-electron chi connectivity index (χ2n) is 6.90. The van der Waals surface area contributed by atoms with Gasteiger partial charge in [0.25, 0.3) is 5.82 Å². The average Bonchev–Trinajstić information content (AvgIpc) is 3.25. The molecule has 0 saturated carbocycles. The van der Waals surface area contributed by atoms with E-state index in [2.05, 4.69) is 14.5 Å². The van der Waals surface area contributed by atoms with Gasteiger partial charge >= 0.3 is 7.82 Å². The molecule has 4 rings (SSSR count). The lowest BCUT2D eigenvalue weighted by Gasteiger charge is -2.15. The van der Waals surface area contributed by atoms with Crippen molar-refractivity contribution in [3.8, 4) is 0 Å². The fourth-order valence-electron chi connectivity index (χ4n) is 3.35. The summed E-state index contributed by atoms with van der Waals surface area (Å²) in [5, 5.41) is 20.5. The summed E-state index contributed by atoms with van der Waals surface area (Å²) in [4.78, 5) is 26.3. The number of nitrogen functional groups attached to an aromatic ring is 1. The molecule has 2 aromatic heterocycles. The first-order chi connectivity index (χ1) is 14.2. The number of aliphatic hydroxyl groups excluding tert-OH is 2. The average molecular weight is 438 g/mol. The van der Waals surface area contributed by atoms with E-state index in [0.717, 1.165) is 5.56 Å². The van der Waals surface area contributed by atoms with Gasteiger partial charge in [-0.3, -0.25) is 9.09 Å². The van der Waals surface area contributed by atoms with Crippen molar-refractivity contribution in [1.29, 1.82) is 0 Å². The molecule has 4 atom stereocenters. The minimum atomic E-state index is -4.75. The Kier molecular flexibility index (Phi) is 5.55. The van der Waals surface area contributed by atoms with Crippen LogP contribution in [0.15, 0.2) is 43.0 Å². The summed E-state index contributed by atoms with van der Waals surface area (Å²) in [5.41, 5.74) is 7.99. The standard InChI is InChI=1S/C17H20N5O7P/c18-15-12-16(20-8-21(15)6-10-4-2-1-3-5-10)22(9-19-12)17-14(24)13(23)11(29-17)7-28-30(25,26)27/h1-5,8-9,11,13-14,17-18,23-24H,6-7H2,(H2,25,26,27)/p+1/t11-,13-,14-,17-/m1/s1. The molecule has 3 aromatic rings. The van der Waals surface area contributed by atoms with Crippen molar-refractivity contribution in [1.82, 2.24) is 14.5 Å². The molecule has 0 amide bonds. The third kappa shape index (κ3) is 4.07. The lowest BCUT2D eigenvalue weighted by molar-refractivity contribution is -0.675. The van der Waals surface area contributed by atoms with Gasteiger partial charge in [0.15, 0.2) is 11.7 Å². The van der Waals surface area contributed by atoms with E-state index in [9.17, 15) is 14.8 Å². The van der Waals surface area contributed by atoms with Crippen LogP contribution in [0.1, 0.15) is 11.8 Å². The molecule has 0 radical (unpaired) electrons. The Hall–Kier alpha value is -2.44. The third-order valence-electron chi connectivity index (χ3n) is 4.85. The van der Waals surface area contributed by atoms with Gasteiger partial charge in [-0.05, 0) is 5.56 Å². The number of hydrogen-bond acceptors (Lipinski definition) is 8. The van der Waals surface area contributed by atoms with Gasteiger partial charge in [0, 0.05) is 0 Å². The van der Waals surface area contributed by atoms with Crippen molar-refractivity contribution in [3.63, 3.8) is 0 Å². The number of ether oxygens (including phenoxy) is 1. The molecule has 1 aliphatic rings. The number of nitrogens with zero attached hydrogens (tertiary/aromatic N) is 4. The fraction of sp³-hybridized carbons (Fsp3) is 0.353. The van der Waals surface area contributed by atoms with E-state index in [4.69, 9.17) is 20.3 Å². The molecule has 1 aliphatic heterocycles. The van der Waals surface area contributed by atoms with E-state index in [1.165, 1.54) is 17.2 Å². The Labute approximate surface area is 170 Å². The molecule has 30 heavy (non-hydrogen) atoms. The van der Waals surface area contributed by atoms with E-state index in [-0.39, 0.29) is 0 Å². The first-order valence-corrected chi connectivity index (χ1v) is 10.5. The van der Waals surface area contributed by atoms with Crippen molar-refractivity contribution in [2.75, 3.05) is 12.3 Å². The van der Waals surface area contributed by atoms with Crippen LogP contribution in [0, 0.1) is 0 Å². The summed E-state index contributed by atoms with van der Waals surface area (Å²) in [6.45, 7) is -0.107. The topological polar surface area (TPSA) is 177 Å². The Morgan fingerprint density at radius 3 is 2.63 bits per heavy atom. The zero-order valence-electron chi connectivity index (χ0n) is 15.6. The van der Waals surface area contributed by atoms with Crippen LogP contribution in [0.2, 0.25) is 0 Å². The molecule has 0 spiro atoms. The summed E-state index contributed by atoms with van der Waals surface area (Å²) in [5.74, 6) is 0.358. The van der Waals surface area contributed by atoms with Gasteiger partial charge < -0.3 is 30.5 Å². The number of phosphoric ester groups is 1. The van der Waals surface area contributed by atoms with E-state index < -0.39 is 39.0 Å². The summed E-state index contributed by atoms with van der Waals surface area (Å²) < 4.78 is 24.0. The third-order valence-corrected chi connectivity index (χ3v) is 5.34. The number of anilines is 1. The van der Waals surface area contributed by atoms with Gasteiger partial charge in [-0.25, -0.2) is 14.1 Å². The monoisotopic (exact) mass is 438 g/mol. The van der Waals surface area contributed by atoms with Crippen molar-refractivity contribution < 1.29 is 38.4 Å². The van der Waals surface area contributed by atoms with Crippen LogP contribution in [-0.4, -0.2) is 59.5 Å². The van der Waals surface area contributed by atoms with Crippen molar-refractivity contribution in [2.24, 2.45) is 0 Å². The molecule has 6 N–H and O–H groups in total. The lowest BCUT2D eigenvalue weighted by atomic mass is 10.1. The van der Waals surface area contributed by atoms with Crippen molar-refractivity contribution >= 4 is 24.8 Å². The summed E-state index contributed by atoms with van der Waals surface area (Å²) in [7, 11) is -4.75. The largest absolute Gasteiger partial charge is 0.469 e. The maximum Gasteiger partial charge on any atom is 0.469 e. The summed E-state index contributed by atoms with van der Waals surface area (Å²) >= 11 is 0. The van der Waals surface area contributed by atoms with E-state index in [1.807, 2.05) is 30.3 Å². The molecule has 13 heteroatoms. The molecular formula is C17H21N5O7P+. The van der Waals surface area contributed by atoms with Gasteiger partial charge in [0.05, 0.1) is 13.2 Å². The van der Waals surface area contributed by atoms with Crippen LogP contribution < -0.4 is 10.3 Å². The Bertz CT molecular complexity index is 1090. The maximum absolute atomic E-state index is 10.9. The van der Waals surface area contributed by atoms with E-state index in [1.54, 1.807) is 4.57 Å². The number of aromatic nitrogens is 4. The zero-order chi connectivity index (χ0) is 21.5. The molecule has 160 valence electrons. The quantitative estimate of drug-likeness (QED) is 0.239. The number of aliphatic hydroxyl groups is 2. The van der Waals surface area contributed by atoms with Crippen LogP contribution >= 0.6 is 7.82 Å². The number of rotatable bonds is 6. The first kappa shape index (κ1) is 20.8. The highest BCUT2D eigenvalue weighted by molar-refractivity contribution is 7.46. The predicted molar refractivity (Wildman–Crippen MR) is 102 cm³/mol. The Morgan fingerprint density at radius 1 is 1.20 bits per heavy atom. The Balaban J connectivity index is 1.59. The molecule has 0 aliphatic carbocycles. The van der Waals surface area contributed by atoms with Crippen LogP contribution in [0.3, 0.4) is 0 Å². The van der Waals surface area contributed by atoms with Gasteiger partial charge in [-0.2, -0.15) is 0 Å². The number of benzene rings is 1. The minimum Gasteiger partial charge on any atom is -0.387 e. The SMILES string of the molecule is Nc1c2ncn([C@@H]3O[C@H](COP(=O)(O)O)[C@@H](O)[C@H]3O)c2nc[n+]1Cc1ccccc1. The van der Waals surface area contributed by atoms with Crippen LogP contribution in [0.5, 0.6) is 0 Å². The maximum atomic E-state index is 10.9. The molecule has 12 nitrogen and oxygen atoms in total. The van der Waals surface area contributed by atoms with Crippen molar-refractivity contribution in [2.45, 2.75) is 31.1 Å². The molecule has 0 bridgehead atoms. The summed E-state index contributed by atoms with van der Waals surface area (Å²) in [6.07, 6.45) is -2.16. The smallest absolute Gasteiger partial charge is 0.387 e. The van der Waals surface area contributed by atoms with Crippen LogP contribution in [0.4, 0.5) is 5.82 Å². The minimum absolute atomic E-state index is 0.324. The van der Waals surface area contributed by atoms with Crippen molar-refractivity contribution in [3.05, 3.63) is 48.5 Å². The molecule has 1 saturated heterocycles. The van der Waals surface area contributed by atoms with E-state index >= 15 is 0 Å². The highest BCUT2D eigenvalue weighted by atomic mass is 31.2. The number of imidazole rings is 1. The Morgan fingerprint density at radius 2 is 1.93 bits per heavy atom. The second-order valence-corrected chi connectivity index (χ2v) is 8.14. The number of nitrogens with two attached hydrogens (primary N) is 1. The van der Waals surface area contributed by atoms with Gasteiger partial charge in [-0.15, -0.1) is 0 Å². The summed E-state index contributed by atoms with van der Waals surface area (Å²) in [6, 6.07) is 9.67. The van der Waals surface area contributed by atoms with Gasteiger partial charge in [-0.1, -0.05) is 35.3 Å². The number of fused-ring (bicyclic) bond motifs is 1.